The lowest BCUT2D eigenvalue weighted by molar-refractivity contribution is -0.0979. The normalized spacial score (nSPS) is 45.6. The summed E-state index contributed by atoms with van der Waals surface area (Å²) in [6.07, 6.45) is 15.1. The van der Waals surface area contributed by atoms with Crippen molar-refractivity contribution in [1.29, 1.82) is 0 Å². The van der Waals surface area contributed by atoms with Crippen LogP contribution in [0.5, 0.6) is 0 Å². The van der Waals surface area contributed by atoms with E-state index in [1.807, 2.05) is 6.79 Å². The number of carbonyl (C=O) groups is 1. The largest absolute Gasteiger partial charge is 0.307 e. The van der Waals surface area contributed by atoms with Crippen LogP contribution in [0.15, 0.2) is 23.3 Å². The van der Waals surface area contributed by atoms with Crippen molar-refractivity contribution in [3.05, 3.63) is 23.3 Å². The standard InChI is InChI=1S/C22H34.CH2O.H2/c1-15-8-12-21(4)16(14-15)6-7-17-18(21)10-13-22(5)19(17)9-11-20(22,2)3;1-2;/h6,14,17-19H,7-13H2,1-5H3;1H2;1H. The minimum absolute atomic E-state index is 0. The van der Waals surface area contributed by atoms with Crippen LogP contribution in [0.25, 0.3) is 0 Å². The van der Waals surface area contributed by atoms with Crippen LogP contribution in [-0.2, 0) is 4.79 Å². The Hall–Kier alpha value is -0.850. The number of fused-ring (bicyclic) bond motifs is 5. The van der Waals surface area contributed by atoms with Crippen LogP contribution in [-0.4, -0.2) is 6.79 Å². The molecule has 0 spiro atoms. The molecule has 1 nitrogen and oxygen atoms in total. The molecule has 4 aliphatic carbocycles. The molecule has 0 amide bonds. The summed E-state index contributed by atoms with van der Waals surface area (Å²) < 4.78 is 0. The minimum atomic E-state index is 0. The predicted molar refractivity (Wildman–Crippen MR) is 104 cm³/mol. The highest BCUT2D eigenvalue weighted by atomic mass is 16.1. The first-order chi connectivity index (χ1) is 11.3. The van der Waals surface area contributed by atoms with E-state index < -0.39 is 0 Å². The third kappa shape index (κ3) is 2.30. The van der Waals surface area contributed by atoms with Gasteiger partial charge in [-0.2, -0.15) is 0 Å². The summed E-state index contributed by atoms with van der Waals surface area (Å²) in [5, 5.41) is 0. The third-order valence-electron chi connectivity index (χ3n) is 8.98. The van der Waals surface area contributed by atoms with Crippen molar-refractivity contribution >= 4 is 6.79 Å². The van der Waals surface area contributed by atoms with Gasteiger partial charge in [0.15, 0.2) is 0 Å². The summed E-state index contributed by atoms with van der Waals surface area (Å²) in [5.74, 6) is 2.88. The van der Waals surface area contributed by atoms with Gasteiger partial charge in [-0.3, -0.25) is 0 Å². The summed E-state index contributed by atoms with van der Waals surface area (Å²) in [7, 11) is 0. The second kappa shape index (κ2) is 5.85. The van der Waals surface area contributed by atoms with Crippen LogP contribution in [0.2, 0.25) is 0 Å². The molecule has 136 valence electrons. The van der Waals surface area contributed by atoms with E-state index in [-0.39, 0.29) is 1.43 Å². The van der Waals surface area contributed by atoms with Crippen molar-refractivity contribution in [2.75, 3.05) is 0 Å². The maximum atomic E-state index is 8.00. The zero-order chi connectivity index (χ0) is 17.8. The van der Waals surface area contributed by atoms with E-state index in [9.17, 15) is 0 Å². The lowest BCUT2D eigenvalue weighted by Gasteiger charge is -2.58. The Morgan fingerprint density at radius 3 is 2.42 bits per heavy atom. The quantitative estimate of drug-likeness (QED) is 0.489. The fourth-order valence-corrected chi connectivity index (χ4v) is 6.96. The van der Waals surface area contributed by atoms with E-state index >= 15 is 0 Å². The van der Waals surface area contributed by atoms with Gasteiger partial charge in [0, 0.05) is 1.43 Å². The number of allylic oxidation sites excluding steroid dienone is 4. The SMILES string of the molecule is C=O.CC1=CC2=CCC3C(CCC4(C)C3CCC4(C)C)C2(C)CC1.[HH]. The average Bonchev–Trinajstić information content (AvgIpc) is 2.80. The van der Waals surface area contributed by atoms with Crippen molar-refractivity contribution < 1.29 is 6.22 Å². The molecule has 2 saturated carbocycles. The monoisotopic (exact) mass is 330 g/mol. The number of hydrogen-bond acceptors (Lipinski definition) is 1. The van der Waals surface area contributed by atoms with Gasteiger partial charge in [0.25, 0.3) is 0 Å². The van der Waals surface area contributed by atoms with Crippen LogP contribution < -0.4 is 0 Å². The third-order valence-corrected chi connectivity index (χ3v) is 8.98. The molecular weight excluding hydrogens is 292 g/mol. The maximum Gasteiger partial charge on any atom is 0.106 e. The Morgan fingerprint density at radius 1 is 1.04 bits per heavy atom. The average molecular weight is 331 g/mol. The highest BCUT2D eigenvalue weighted by molar-refractivity contribution is 5.36. The van der Waals surface area contributed by atoms with E-state index in [0.717, 1.165) is 17.8 Å². The van der Waals surface area contributed by atoms with Crippen molar-refractivity contribution in [1.82, 2.24) is 0 Å². The van der Waals surface area contributed by atoms with Crippen LogP contribution in [0.3, 0.4) is 0 Å². The highest BCUT2D eigenvalue weighted by Crippen LogP contribution is 2.69. The van der Waals surface area contributed by atoms with Gasteiger partial charge in [0.1, 0.15) is 6.79 Å². The fraction of sp³-hybridized carbons (Fsp3) is 0.783. The van der Waals surface area contributed by atoms with Crippen LogP contribution in [0.4, 0.5) is 0 Å². The van der Waals surface area contributed by atoms with E-state index in [0.29, 0.717) is 16.2 Å². The molecule has 24 heavy (non-hydrogen) atoms. The number of carbonyl (C=O) groups excluding carboxylic acids is 1. The van der Waals surface area contributed by atoms with E-state index in [1.165, 1.54) is 44.9 Å². The number of hydrogen-bond donors (Lipinski definition) is 0. The van der Waals surface area contributed by atoms with Gasteiger partial charge in [0.2, 0.25) is 0 Å². The molecule has 5 unspecified atom stereocenters. The predicted octanol–water partition coefficient (Wildman–Crippen LogP) is 6.59. The first-order valence-electron chi connectivity index (χ1n) is 9.95. The molecule has 4 aliphatic rings. The van der Waals surface area contributed by atoms with Gasteiger partial charge < -0.3 is 4.79 Å². The molecule has 2 fully saturated rings. The molecule has 5 atom stereocenters. The van der Waals surface area contributed by atoms with Crippen LogP contribution in [0.1, 0.15) is 81.0 Å². The molecule has 0 aromatic rings. The Labute approximate surface area is 150 Å². The highest BCUT2D eigenvalue weighted by Gasteiger charge is 2.60. The van der Waals surface area contributed by atoms with E-state index in [2.05, 4.69) is 46.8 Å². The molecule has 0 radical (unpaired) electrons. The Bertz CT molecular complexity index is 575. The van der Waals surface area contributed by atoms with Gasteiger partial charge in [-0.05, 0) is 91.4 Å². The summed E-state index contributed by atoms with van der Waals surface area (Å²) >= 11 is 0. The molecule has 4 rings (SSSR count). The van der Waals surface area contributed by atoms with Crippen molar-refractivity contribution in [2.24, 2.45) is 34.0 Å². The lowest BCUT2D eigenvalue weighted by atomic mass is 9.46. The zero-order valence-electron chi connectivity index (χ0n) is 16.5. The zero-order valence-corrected chi connectivity index (χ0v) is 16.5. The van der Waals surface area contributed by atoms with Crippen LogP contribution in [0, 0.1) is 34.0 Å². The lowest BCUT2D eigenvalue weighted by Crippen LogP contribution is -2.50. The molecule has 0 aromatic heterocycles. The topological polar surface area (TPSA) is 17.1 Å². The first kappa shape index (κ1) is 18.0. The summed E-state index contributed by atoms with van der Waals surface area (Å²) in [4.78, 5) is 8.00. The van der Waals surface area contributed by atoms with Gasteiger partial charge in [-0.1, -0.05) is 45.4 Å². The molecule has 0 aliphatic heterocycles. The molecule has 0 saturated heterocycles. The van der Waals surface area contributed by atoms with E-state index in [1.54, 1.807) is 11.1 Å². The first-order valence-corrected chi connectivity index (χ1v) is 9.95. The summed E-state index contributed by atoms with van der Waals surface area (Å²) in [5.41, 5.74) is 4.92. The van der Waals surface area contributed by atoms with Gasteiger partial charge in [0.05, 0.1) is 0 Å². The van der Waals surface area contributed by atoms with Gasteiger partial charge >= 0.3 is 0 Å². The molecular formula is C23H38O. The van der Waals surface area contributed by atoms with Crippen molar-refractivity contribution in [3.63, 3.8) is 0 Å². The second-order valence-corrected chi connectivity index (χ2v) is 10.1. The molecule has 0 heterocycles. The van der Waals surface area contributed by atoms with E-state index in [4.69, 9.17) is 4.79 Å². The van der Waals surface area contributed by atoms with Crippen LogP contribution >= 0.6 is 0 Å². The molecule has 0 N–H and O–H groups in total. The fourth-order valence-electron chi connectivity index (χ4n) is 6.96. The smallest absolute Gasteiger partial charge is 0.106 e. The molecule has 0 aromatic carbocycles. The number of rotatable bonds is 0. The summed E-state index contributed by atoms with van der Waals surface area (Å²) in [6.45, 7) is 14.6. The van der Waals surface area contributed by atoms with Crippen molar-refractivity contribution in [3.8, 4) is 0 Å². The Morgan fingerprint density at radius 2 is 1.71 bits per heavy atom. The Balaban J connectivity index is 0.000000726. The van der Waals surface area contributed by atoms with Crippen molar-refractivity contribution in [2.45, 2.75) is 79.6 Å². The van der Waals surface area contributed by atoms with Gasteiger partial charge in [-0.25, -0.2) is 0 Å². The maximum absolute atomic E-state index is 8.00. The molecule has 0 bridgehead atoms. The van der Waals surface area contributed by atoms with Gasteiger partial charge in [-0.15, -0.1) is 0 Å². The Kier molecular flexibility index (Phi) is 4.38. The molecule has 1 heteroatoms. The second-order valence-electron chi connectivity index (χ2n) is 10.1. The minimum Gasteiger partial charge on any atom is -0.307 e. The summed E-state index contributed by atoms with van der Waals surface area (Å²) in [6, 6.07) is 0.